The van der Waals surface area contributed by atoms with E-state index in [4.69, 9.17) is 9.47 Å². The van der Waals surface area contributed by atoms with E-state index in [-0.39, 0.29) is 45.9 Å². The maximum absolute atomic E-state index is 13.1. The van der Waals surface area contributed by atoms with Gasteiger partial charge in [0.05, 0.1) is 11.7 Å². The second-order valence-corrected chi connectivity index (χ2v) is 20.4. The molecule has 2 aromatic rings. The number of Topliss-reactive ketones (excluding diaryl/α,β-unsaturated/α-hetero) is 1. The molecule has 5 fully saturated rings. The second-order valence-electron chi connectivity index (χ2n) is 20.4. The van der Waals surface area contributed by atoms with Gasteiger partial charge in [0, 0.05) is 18.3 Å². The van der Waals surface area contributed by atoms with Gasteiger partial charge in [-0.2, -0.15) is 0 Å². The lowest BCUT2D eigenvalue weighted by Gasteiger charge is -2.59. The Labute approximate surface area is 352 Å². The van der Waals surface area contributed by atoms with Crippen molar-refractivity contribution < 1.29 is 33.8 Å². The van der Waals surface area contributed by atoms with E-state index in [0.717, 1.165) is 83.5 Å². The van der Waals surface area contributed by atoms with E-state index in [2.05, 4.69) is 39.8 Å². The van der Waals surface area contributed by atoms with Crippen molar-refractivity contribution >= 4 is 23.5 Å². The Balaban J connectivity index is 0.000000165. The number of aryl methyl sites for hydroxylation is 1. The van der Waals surface area contributed by atoms with Crippen molar-refractivity contribution in [3.05, 3.63) is 76.9 Å². The van der Waals surface area contributed by atoms with Crippen LogP contribution in [0, 0.1) is 45.8 Å². The monoisotopic (exact) mass is 804 g/mol. The van der Waals surface area contributed by atoms with Crippen LogP contribution in [-0.2, 0) is 25.5 Å². The zero-order chi connectivity index (χ0) is 41.7. The van der Waals surface area contributed by atoms with Crippen molar-refractivity contribution in [1.29, 1.82) is 0 Å². The van der Waals surface area contributed by atoms with Crippen LogP contribution in [0.1, 0.15) is 171 Å². The van der Waals surface area contributed by atoms with Crippen LogP contribution in [0.15, 0.2) is 60.2 Å². The SMILES string of the molecule is CCCCCC(=O)O[C@]1(C(C)=O)CC[C@H]2[C@@H]3CCC4=CC(=O)CC[C@]4(C)[C@H]3CC[C@@]21C.C[C@]12CCC3c4ccc(OC(=O)c5ccccc5)cc4CCC3C1CC[C@@H]2O. The van der Waals surface area contributed by atoms with E-state index >= 15 is 0 Å². The highest BCUT2D eigenvalue weighted by Gasteiger charge is 2.68. The van der Waals surface area contributed by atoms with Crippen molar-refractivity contribution in [3.8, 4) is 5.75 Å². The van der Waals surface area contributed by atoms with E-state index in [1.54, 1.807) is 19.1 Å². The third-order valence-electron chi connectivity index (χ3n) is 17.8. The zero-order valence-corrected chi connectivity index (χ0v) is 36.4. The summed E-state index contributed by atoms with van der Waals surface area (Å²) in [4.78, 5) is 50.2. The maximum Gasteiger partial charge on any atom is 0.343 e. The number of aliphatic hydroxyl groups is 1. The van der Waals surface area contributed by atoms with Crippen molar-refractivity contribution in [2.75, 3.05) is 0 Å². The van der Waals surface area contributed by atoms with Gasteiger partial charge in [-0.1, -0.05) is 70.4 Å². The number of aliphatic hydroxyl groups excluding tert-OH is 1. The molecule has 0 aromatic heterocycles. The largest absolute Gasteiger partial charge is 0.450 e. The first kappa shape index (κ1) is 42.1. The van der Waals surface area contributed by atoms with Gasteiger partial charge in [-0.05, 0) is 185 Å². The summed E-state index contributed by atoms with van der Waals surface area (Å²) in [6.45, 7) is 10.7. The molecular weight excluding hydrogens is 737 g/mol. The zero-order valence-electron chi connectivity index (χ0n) is 36.4. The first-order valence-corrected chi connectivity index (χ1v) is 23.3. The molecule has 59 heavy (non-hydrogen) atoms. The van der Waals surface area contributed by atoms with Gasteiger partial charge in [0.1, 0.15) is 5.75 Å². The predicted octanol–water partition coefficient (Wildman–Crippen LogP) is 11.1. The van der Waals surface area contributed by atoms with Gasteiger partial charge in [0.25, 0.3) is 0 Å². The fourth-order valence-corrected chi connectivity index (χ4v) is 14.5. The number of esters is 2. The van der Waals surface area contributed by atoms with Crippen molar-refractivity contribution in [3.63, 3.8) is 0 Å². The fourth-order valence-electron chi connectivity index (χ4n) is 14.5. The average Bonchev–Trinajstić information content (AvgIpc) is 3.71. The number of fused-ring (bicyclic) bond motifs is 10. The lowest BCUT2D eigenvalue weighted by Crippen LogP contribution is -2.58. The Morgan fingerprint density at radius 3 is 2.31 bits per heavy atom. The standard InChI is InChI=1S/C27H40O4.C25H28O3/c1-5-6-7-8-24(30)31-27(18(2)28)16-13-23-21-10-9-19-17-20(29)11-14-25(19,3)22(21)12-15-26(23,27)4;1-25-14-13-20-19-10-8-18(28-24(27)16-5-3-2-4-6-16)15-17(19)7-9-21(20)22(25)11-12-23(25)26/h17,21-23H,5-16H2,1-4H3;2-6,8,10,15,20-23,26H,7,9,11-14H2,1H3/t21-,22+,23+,25+,26+,27+;20?,21?,22?,23-,25-/m10/s1. The molecule has 0 saturated heterocycles. The van der Waals surface area contributed by atoms with Crippen LogP contribution in [0.25, 0.3) is 0 Å². The smallest absolute Gasteiger partial charge is 0.343 e. The molecule has 1 N–H and O–H groups in total. The van der Waals surface area contributed by atoms with E-state index in [0.29, 0.717) is 66.1 Å². The molecule has 7 nitrogen and oxygen atoms in total. The number of carbonyl (C=O) groups excluding carboxylic acids is 4. The molecule has 0 spiro atoms. The predicted molar refractivity (Wildman–Crippen MR) is 229 cm³/mol. The number of ketones is 2. The third-order valence-corrected chi connectivity index (χ3v) is 17.8. The Kier molecular flexibility index (Phi) is 11.7. The van der Waals surface area contributed by atoms with E-state index in [1.807, 2.05) is 30.3 Å². The summed E-state index contributed by atoms with van der Waals surface area (Å²) in [6, 6.07) is 15.4. The highest BCUT2D eigenvalue weighted by Crippen LogP contribution is 2.68. The summed E-state index contributed by atoms with van der Waals surface area (Å²) < 4.78 is 11.8. The lowest BCUT2D eigenvalue weighted by molar-refractivity contribution is -0.189. The molecule has 7 aliphatic rings. The number of unbranched alkanes of at least 4 members (excludes halogenated alkanes) is 2. The van der Waals surface area contributed by atoms with Crippen molar-refractivity contribution in [2.45, 2.75) is 168 Å². The lowest BCUT2D eigenvalue weighted by atomic mass is 9.46. The van der Waals surface area contributed by atoms with E-state index < -0.39 is 5.60 Å². The summed E-state index contributed by atoms with van der Waals surface area (Å²) in [5, 5.41) is 10.5. The number of hydrogen-bond acceptors (Lipinski definition) is 7. The Bertz CT molecular complexity index is 1970. The van der Waals surface area contributed by atoms with Gasteiger partial charge in [0.15, 0.2) is 17.2 Å². The highest BCUT2D eigenvalue weighted by molar-refractivity contribution is 5.92. The molecule has 0 radical (unpaired) electrons. The number of ether oxygens (including phenoxy) is 2. The first-order valence-electron chi connectivity index (χ1n) is 23.3. The third kappa shape index (κ3) is 7.27. The molecule has 11 atom stereocenters. The van der Waals surface area contributed by atoms with Gasteiger partial charge < -0.3 is 14.6 Å². The number of hydrogen-bond donors (Lipinski definition) is 1. The fraction of sp³-hybridized carbons (Fsp3) is 0.654. The molecule has 0 aliphatic heterocycles. The highest BCUT2D eigenvalue weighted by atomic mass is 16.6. The van der Waals surface area contributed by atoms with Gasteiger partial charge in [-0.15, -0.1) is 0 Å². The van der Waals surface area contributed by atoms with Gasteiger partial charge >= 0.3 is 11.9 Å². The van der Waals surface area contributed by atoms with Gasteiger partial charge in [0.2, 0.25) is 0 Å². The van der Waals surface area contributed by atoms with Crippen LogP contribution in [0.5, 0.6) is 5.75 Å². The molecule has 7 aliphatic carbocycles. The molecule has 0 amide bonds. The molecule has 9 rings (SSSR count). The van der Waals surface area contributed by atoms with Gasteiger partial charge in [-0.25, -0.2) is 4.79 Å². The van der Waals surface area contributed by atoms with E-state index in [9.17, 15) is 24.3 Å². The van der Waals surface area contributed by atoms with Crippen LogP contribution in [0.4, 0.5) is 0 Å². The molecular formula is C52H68O7. The summed E-state index contributed by atoms with van der Waals surface area (Å²) in [5.74, 6) is 3.91. The minimum absolute atomic E-state index is 0.0330. The molecule has 0 bridgehead atoms. The Morgan fingerprint density at radius 2 is 1.54 bits per heavy atom. The van der Waals surface area contributed by atoms with E-state index in [1.165, 1.54) is 29.5 Å². The van der Waals surface area contributed by atoms with Crippen LogP contribution < -0.4 is 4.74 Å². The number of carbonyl (C=O) groups is 4. The molecule has 3 unspecified atom stereocenters. The minimum atomic E-state index is -0.953. The summed E-state index contributed by atoms with van der Waals surface area (Å²) in [6.07, 6.45) is 19.1. The summed E-state index contributed by atoms with van der Waals surface area (Å²) >= 11 is 0. The van der Waals surface area contributed by atoms with Crippen LogP contribution in [-0.4, -0.2) is 40.3 Å². The van der Waals surface area contributed by atoms with Crippen molar-refractivity contribution in [2.24, 2.45) is 45.8 Å². The molecule has 5 saturated carbocycles. The Morgan fingerprint density at radius 1 is 0.780 bits per heavy atom. The number of benzene rings is 2. The average molecular weight is 805 g/mol. The molecule has 0 heterocycles. The van der Waals surface area contributed by atoms with Crippen LogP contribution >= 0.6 is 0 Å². The number of rotatable bonds is 8. The van der Waals surface area contributed by atoms with Crippen LogP contribution in [0.3, 0.4) is 0 Å². The quantitative estimate of drug-likeness (QED) is 0.161. The topological polar surface area (TPSA) is 107 Å². The minimum Gasteiger partial charge on any atom is -0.450 e. The molecule has 2 aromatic carbocycles. The summed E-state index contributed by atoms with van der Waals surface area (Å²) in [5.41, 5.74) is 3.73. The molecule has 318 valence electrons. The van der Waals surface area contributed by atoms with Crippen molar-refractivity contribution in [1.82, 2.24) is 0 Å². The van der Waals surface area contributed by atoms with Crippen LogP contribution in [0.2, 0.25) is 0 Å². The normalized spacial score (nSPS) is 37.8. The summed E-state index contributed by atoms with van der Waals surface area (Å²) in [7, 11) is 0. The first-order chi connectivity index (χ1) is 28.2. The second kappa shape index (κ2) is 16.4. The number of allylic oxidation sites excluding steroid dienone is 1. The molecule has 7 heteroatoms. The maximum atomic E-state index is 13.1. The van der Waals surface area contributed by atoms with Gasteiger partial charge in [-0.3, -0.25) is 14.4 Å². The Hall–Kier alpha value is -3.58.